The van der Waals surface area contributed by atoms with Crippen molar-refractivity contribution < 1.29 is 19.1 Å². The van der Waals surface area contributed by atoms with E-state index in [-0.39, 0.29) is 25.0 Å². The van der Waals surface area contributed by atoms with E-state index in [9.17, 15) is 9.59 Å². The van der Waals surface area contributed by atoms with Gasteiger partial charge in [0.2, 0.25) is 11.8 Å². The van der Waals surface area contributed by atoms with Gasteiger partial charge >= 0.3 is 0 Å². The number of anilines is 1. The standard InChI is InChI=1S/C16H24N2O4/c1-12-6-5-7-14(13(12)2)17-15(19)10-18(3)16(20)11-22-9-8-21-4/h5-7H,8-11H2,1-4H3,(H,17,19). The third kappa shape index (κ3) is 5.83. The molecule has 2 amide bonds. The first-order valence-corrected chi connectivity index (χ1v) is 7.12. The van der Waals surface area contributed by atoms with Gasteiger partial charge in [0.05, 0.1) is 19.8 Å². The zero-order valence-electron chi connectivity index (χ0n) is 13.6. The maximum atomic E-state index is 12.0. The third-order valence-corrected chi connectivity index (χ3v) is 3.34. The lowest BCUT2D eigenvalue weighted by atomic mass is 10.1. The molecule has 1 N–H and O–H groups in total. The molecule has 0 aliphatic rings. The molecule has 1 aromatic rings. The molecular weight excluding hydrogens is 284 g/mol. The minimum atomic E-state index is -0.243. The molecule has 6 heteroatoms. The van der Waals surface area contributed by atoms with Crippen molar-refractivity contribution in [1.29, 1.82) is 0 Å². The first kappa shape index (κ1) is 18.1. The van der Waals surface area contributed by atoms with E-state index >= 15 is 0 Å². The Hall–Kier alpha value is -1.92. The van der Waals surface area contributed by atoms with Gasteiger partial charge in [0.25, 0.3) is 0 Å². The SMILES string of the molecule is COCCOCC(=O)N(C)CC(=O)Nc1cccc(C)c1C. The summed E-state index contributed by atoms with van der Waals surface area (Å²) in [4.78, 5) is 25.1. The number of hydrogen-bond donors (Lipinski definition) is 1. The monoisotopic (exact) mass is 308 g/mol. The second kappa shape index (κ2) is 9.17. The Morgan fingerprint density at radius 1 is 1.23 bits per heavy atom. The molecule has 0 saturated carbocycles. The van der Waals surface area contributed by atoms with Crippen LogP contribution in [-0.2, 0) is 19.1 Å². The Balaban J connectivity index is 2.43. The second-order valence-electron chi connectivity index (χ2n) is 5.09. The summed E-state index contributed by atoms with van der Waals surface area (Å²) in [6.07, 6.45) is 0. The van der Waals surface area contributed by atoms with Gasteiger partial charge in [-0.15, -0.1) is 0 Å². The number of methoxy groups -OCH3 is 1. The van der Waals surface area contributed by atoms with Crippen LogP contribution >= 0.6 is 0 Å². The van der Waals surface area contributed by atoms with E-state index in [1.165, 1.54) is 4.90 Å². The number of ether oxygens (including phenoxy) is 2. The van der Waals surface area contributed by atoms with Crippen LogP contribution in [0.4, 0.5) is 5.69 Å². The number of hydrogen-bond acceptors (Lipinski definition) is 4. The highest BCUT2D eigenvalue weighted by molar-refractivity contribution is 5.95. The molecule has 0 spiro atoms. The Morgan fingerprint density at radius 2 is 1.95 bits per heavy atom. The average Bonchev–Trinajstić information content (AvgIpc) is 2.48. The zero-order chi connectivity index (χ0) is 16.5. The molecule has 122 valence electrons. The van der Waals surface area contributed by atoms with E-state index in [1.54, 1.807) is 14.2 Å². The van der Waals surface area contributed by atoms with Crippen LogP contribution in [0, 0.1) is 13.8 Å². The average molecular weight is 308 g/mol. The quantitative estimate of drug-likeness (QED) is 0.736. The lowest BCUT2D eigenvalue weighted by molar-refractivity contribution is -0.137. The van der Waals surface area contributed by atoms with E-state index in [0.29, 0.717) is 13.2 Å². The van der Waals surface area contributed by atoms with Crippen LogP contribution in [0.25, 0.3) is 0 Å². The third-order valence-electron chi connectivity index (χ3n) is 3.34. The largest absolute Gasteiger partial charge is 0.382 e. The zero-order valence-corrected chi connectivity index (χ0v) is 13.6. The van der Waals surface area contributed by atoms with Crippen LogP contribution in [0.3, 0.4) is 0 Å². The van der Waals surface area contributed by atoms with E-state index in [4.69, 9.17) is 9.47 Å². The summed E-state index contributed by atoms with van der Waals surface area (Å²) in [5, 5.41) is 2.82. The van der Waals surface area contributed by atoms with Gasteiger partial charge in [-0.1, -0.05) is 12.1 Å². The van der Waals surface area contributed by atoms with E-state index in [0.717, 1.165) is 16.8 Å². The molecule has 22 heavy (non-hydrogen) atoms. The summed E-state index contributed by atoms with van der Waals surface area (Å²) >= 11 is 0. The van der Waals surface area contributed by atoms with Crippen LogP contribution in [0.5, 0.6) is 0 Å². The van der Waals surface area contributed by atoms with Gasteiger partial charge in [-0.25, -0.2) is 0 Å². The molecule has 0 radical (unpaired) electrons. The molecule has 0 aliphatic carbocycles. The molecule has 0 fully saturated rings. The fourth-order valence-corrected chi connectivity index (χ4v) is 1.79. The normalized spacial score (nSPS) is 10.4. The lowest BCUT2D eigenvalue weighted by Gasteiger charge is -2.17. The molecule has 0 heterocycles. The summed E-state index contributed by atoms with van der Waals surface area (Å²) in [5.41, 5.74) is 2.89. The first-order valence-electron chi connectivity index (χ1n) is 7.12. The Kier molecular flexibility index (Phi) is 7.56. The first-order chi connectivity index (χ1) is 10.5. The smallest absolute Gasteiger partial charge is 0.248 e. The highest BCUT2D eigenvalue weighted by Gasteiger charge is 2.14. The van der Waals surface area contributed by atoms with Crippen LogP contribution in [0.15, 0.2) is 18.2 Å². The van der Waals surface area contributed by atoms with Gasteiger partial charge in [-0.2, -0.15) is 0 Å². The summed E-state index contributed by atoms with van der Waals surface area (Å²) in [6, 6.07) is 5.71. The van der Waals surface area contributed by atoms with Gasteiger partial charge < -0.3 is 19.7 Å². The number of carbonyl (C=O) groups is 2. The lowest BCUT2D eigenvalue weighted by Crippen LogP contribution is -2.37. The van der Waals surface area contributed by atoms with E-state index in [2.05, 4.69) is 5.32 Å². The van der Waals surface area contributed by atoms with Gasteiger partial charge in [0.1, 0.15) is 6.61 Å². The van der Waals surface area contributed by atoms with Crippen molar-refractivity contribution >= 4 is 17.5 Å². The number of nitrogens with one attached hydrogen (secondary N) is 1. The Bertz CT molecular complexity index is 517. The second-order valence-corrected chi connectivity index (χ2v) is 5.09. The fourth-order valence-electron chi connectivity index (χ4n) is 1.79. The number of likely N-dealkylation sites (N-methyl/N-ethyl adjacent to an activating group) is 1. The van der Waals surface area contributed by atoms with Crippen molar-refractivity contribution in [3.63, 3.8) is 0 Å². The number of carbonyl (C=O) groups excluding carboxylic acids is 2. The molecule has 0 unspecified atom stereocenters. The minimum absolute atomic E-state index is 0.0140. The highest BCUT2D eigenvalue weighted by Crippen LogP contribution is 2.17. The fraction of sp³-hybridized carbons (Fsp3) is 0.500. The van der Waals surface area contributed by atoms with Gasteiger partial charge in [0.15, 0.2) is 0 Å². The summed E-state index contributed by atoms with van der Waals surface area (Å²) in [6.45, 7) is 4.65. The maximum absolute atomic E-state index is 12.0. The summed E-state index contributed by atoms with van der Waals surface area (Å²) in [7, 11) is 3.14. The minimum Gasteiger partial charge on any atom is -0.382 e. The molecule has 0 aromatic heterocycles. The van der Waals surface area contributed by atoms with Crippen molar-refractivity contribution in [2.45, 2.75) is 13.8 Å². The Labute approximate surface area is 131 Å². The van der Waals surface area contributed by atoms with Crippen molar-refractivity contribution in [3.05, 3.63) is 29.3 Å². The number of aryl methyl sites for hydroxylation is 1. The van der Waals surface area contributed by atoms with Crippen LogP contribution in [0.2, 0.25) is 0 Å². The van der Waals surface area contributed by atoms with Crippen LogP contribution in [0.1, 0.15) is 11.1 Å². The topological polar surface area (TPSA) is 67.9 Å². The van der Waals surface area contributed by atoms with E-state index < -0.39 is 0 Å². The number of benzene rings is 1. The number of rotatable bonds is 8. The molecule has 6 nitrogen and oxygen atoms in total. The summed E-state index contributed by atoms with van der Waals surface area (Å²) < 4.78 is 9.97. The molecular formula is C16H24N2O4. The predicted molar refractivity (Wildman–Crippen MR) is 84.9 cm³/mol. The molecule has 0 aliphatic heterocycles. The van der Waals surface area contributed by atoms with Crippen molar-refractivity contribution in [2.75, 3.05) is 45.8 Å². The van der Waals surface area contributed by atoms with Crippen LogP contribution in [-0.4, -0.2) is 57.2 Å². The summed E-state index contributed by atoms with van der Waals surface area (Å²) in [5.74, 6) is -0.478. The van der Waals surface area contributed by atoms with Gasteiger partial charge in [-0.3, -0.25) is 9.59 Å². The number of nitrogens with zero attached hydrogens (tertiary/aromatic N) is 1. The number of amides is 2. The molecule has 0 saturated heterocycles. The Morgan fingerprint density at radius 3 is 2.64 bits per heavy atom. The predicted octanol–water partition coefficient (Wildman–Crippen LogP) is 1.36. The highest BCUT2D eigenvalue weighted by atomic mass is 16.5. The van der Waals surface area contributed by atoms with Crippen molar-refractivity contribution in [1.82, 2.24) is 4.90 Å². The molecule has 0 atom stereocenters. The van der Waals surface area contributed by atoms with Crippen LogP contribution < -0.4 is 5.32 Å². The molecule has 1 rings (SSSR count). The van der Waals surface area contributed by atoms with Gasteiger partial charge in [-0.05, 0) is 31.0 Å². The van der Waals surface area contributed by atoms with Gasteiger partial charge in [0, 0.05) is 19.8 Å². The van der Waals surface area contributed by atoms with E-state index in [1.807, 2.05) is 32.0 Å². The molecule has 1 aromatic carbocycles. The molecule has 0 bridgehead atoms. The van der Waals surface area contributed by atoms with Crippen molar-refractivity contribution in [3.8, 4) is 0 Å². The van der Waals surface area contributed by atoms with Crippen molar-refractivity contribution in [2.24, 2.45) is 0 Å². The maximum Gasteiger partial charge on any atom is 0.248 e.